The molecule has 11 heteroatoms. The van der Waals surface area contributed by atoms with Crippen molar-refractivity contribution in [2.45, 2.75) is 45.1 Å². The Balaban J connectivity index is 1.38. The first-order valence-corrected chi connectivity index (χ1v) is 11.0. The van der Waals surface area contributed by atoms with Gasteiger partial charge >= 0.3 is 6.03 Å². The van der Waals surface area contributed by atoms with Gasteiger partial charge in [0.15, 0.2) is 5.69 Å². The maximum absolute atomic E-state index is 13.0. The van der Waals surface area contributed by atoms with Crippen molar-refractivity contribution >= 4 is 17.6 Å². The zero-order valence-electron chi connectivity index (χ0n) is 18.1. The molecule has 1 N–H and O–H groups in total. The fourth-order valence-corrected chi connectivity index (χ4v) is 4.29. The van der Waals surface area contributed by atoms with Crippen LogP contribution >= 0.6 is 0 Å². The highest BCUT2D eigenvalue weighted by Gasteiger charge is 2.29. The minimum atomic E-state index is -0.480. The Morgan fingerprint density at radius 1 is 1.09 bits per heavy atom. The summed E-state index contributed by atoms with van der Waals surface area (Å²) < 4.78 is 1.42. The summed E-state index contributed by atoms with van der Waals surface area (Å²) in [6.07, 6.45) is 5.61. The van der Waals surface area contributed by atoms with Crippen molar-refractivity contribution in [3.63, 3.8) is 0 Å². The molecule has 0 radical (unpaired) electrons. The van der Waals surface area contributed by atoms with E-state index in [0.717, 1.165) is 25.7 Å². The van der Waals surface area contributed by atoms with Crippen LogP contribution in [0.4, 0.5) is 10.5 Å². The number of rotatable bonds is 4. The second-order valence-electron chi connectivity index (χ2n) is 8.28. The summed E-state index contributed by atoms with van der Waals surface area (Å²) in [5, 5.41) is 22.2. The molecule has 1 saturated heterocycles. The standard InChI is InChI=1S/C21H27N7O4/c1-15-19(23-24-27(15)17-8-5-9-18(14-17)28(31)32)20(29)25-10-12-26(13-11-25)21(30)22-16-6-3-2-4-7-16/h5,8-9,14,16H,2-4,6-7,10-13H2,1H3,(H,22,30). The number of nitrogens with zero attached hydrogens (tertiary/aromatic N) is 6. The van der Waals surface area contributed by atoms with Crippen LogP contribution in [0.3, 0.4) is 0 Å². The normalized spacial score (nSPS) is 17.3. The second kappa shape index (κ2) is 9.33. The first-order valence-electron chi connectivity index (χ1n) is 11.0. The van der Waals surface area contributed by atoms with Crippen LogP contribution in [0.2, 0.25) is 0 Å². The van der Waals surface area contributed by atoms with Gasteiger partial charge in [-0.3, -0.25) is 14.9 Å². The first-order chi connectivity index (χ1) is 15.4. The molecule has 1 aliphatic heterocycles. The number of nitro groups is 1. The average Bonchev–Trinajstić information content (AvgIpc) is 3.20. The van der Waals surface area contributed by atoms with E-state index in [-0.39, 0.29) is 29.4 Å². The van der Waals surface area contributed by atoms with Crippen molar-refractivity contribution in [1.82, 2.24) is 30.1 Å². The average molecular weight is 441 g/mol. The van der Waals surface area contributed by atoms with Crippen LogP contribution < -0.4 is 5.32 Å². The molecule has 1 saturated carbocycles. The summed E-state index contributed by atoms with van der Waals surface area (Å²) >= 11 is 0. The molecular weight excluding hydrogens is 414 g/mol. The lowest BCUT2D eigenvalue weighted by molar-refractivity contribution is -0.384. The van der Waals surface area contributed by atoms with Gasteiger partial charge in [-0.15, -0.1) is 5.10 Å². The SMILES string of the molecule is Cc1c(C(=O)N2CCN(C(=O)NC3CCCCC3)CC2)nnn1-c1cccc([N+](=O)[O-])c1. The van der Waals surface area contributed by atoms with Crippen LogP contribution in [0.5, 0.6) is 0 Å². The molecule has 2 aromatic rings. The van der Waals surface area contributed by atoms with Gasteiger partial charge in [-0.05, 0) is 25.8 Å². The van der Waals surface area contributed by atoms with Gasteiger partial charge in [0.2, 0.25) is 0 Å². The van der Waals surface area contributed by atoms with E-state index in [1.807, 2.05) is 0 Å². The first kappa shape index (κ1) is 21.7. The number of piperazine rings is 1. The maximum atomic E-state index is 13.0. The van der Waals surface area contributed by atoms with Gasteiger partial charge in [0.05, 0.1) is 16.3 Å². The maximum Gasteiger partial charge on any atom is 0.317 e. The zero-order valence-corrected chi connectivity index (χ0v) is 18.1. The number of aromatic nitrogens is 3. The lowest BCUT2D eigenvalue weighted by atomic mass is 9.96. The molecule has 2 fully saturated rings. The molecule has 32 heavy (non-hydrogen) atoms. The summed E-state index contributed by atoms with van der Waals surface area (Å²) in [6, 6.07) is 6.21. The minimum absolute atomic E-state index is 0.0585. The van der Waals surface area contributed by atoms with E-state index >= 15 is 0 Å². The quantitative estimate of drug-likeness (QED) is 0.573. The second-order valence-corrected chi connectivity index (χ2v) is 8.28. The third kappa shape index (κ3) is 4.56. The molecule has 3 amide bonds. The van der Waals surface area contributed by atoms with Gasteiger partial charge in [0, 0.05) is 44.4 Å². The lowest BCUT2D eigenvalue weighted by Crippen LogP contribution is -2.54. The molecule has 4 rings (SSSR count). The van der Waals surface area contributed by atoms with Crippen LogP contribution in [0.15, 0.2) is 24.3 Å². The van der Waals surface area contributed by atoms with Gasteiger partial charge in [-0.1, -0.05) is 30.5 Å². The third-order valence-electron chi connectivity index (χ3n) is 6.17. The Morgan fingerprint density at radius 3 is 2.47 bits per heavy atom. The summed E-state index contributed by atoms with van der Waals surface area (Å²) in [7, 11) is 0. The highest BCUT2D eigenvalue weighted by atomic mass is 16.6. The molecular formula is C21H27N7O4. The number of hydrogen-bond acceptors (Lipinski definition) is 6. The predicted octanol–water partition coefficient (Wildman–Crippen LogP) is 2.28. The molecule has 2 heterocycles. The van der Waals surface area contributed by atoms with Crippen molar-refractivity contribution in [1.29, 1.82) is 0 Å². The molecule has 1 aliphatic carbocycles. The number of nitro benzene ring substituents is 1. The summed E-state index contributed by atoms with van der Waals surface area (Å²) in [5.74, 6) is -0.258. The fourth-order valence-electron chi connectivity index (χ4n) is 4.29. The van der Waals surface area contributed by atoms with E-state index in [0.29, 0.717) is 37.6 Å². The molecule has 0 spiro atoms. The van der Waals surface area contributed by atoms with Crippen molar-refractivity contribution in [2.24, 2.45) is 0 Å². The monoisotopic (exact) mass is 441 g/mol. The third-order valence-corrected chi connectivity index (χ3v) is 6.17. The molecule has 0 atom stereocenters. The number of hydrogen-bond donors (Lipinski definition) is 1. The molecule has 1 aromatic heterocycles. The van der Waals surface area contributed by atoms with Crippen LogP contribution in [-0.2, 0) is 0 Å². The molecule has 0 bridgehead atoms. The highest BCUT2D eigenvalue weighted by molar-refractivity contribution is 5.93. The van der Waals surface area contributed by atoms with Gasteiger partial charge in [0.25, 0.3) is 11.6 Å². The summed E-state index contributed by atoms with van der Waals surface area (Å²) in [5.41, 5.74) is 1.12. The van der Waals surface area contributed by atoms with Crippen LogP contribution in [0.1, 0.15) is 48.3 Å². The number of non-ortho nitro benzene ring substituents is 1. The Bertz CT molecular complexity index is 1010. The largest absolute Gasteiger partial charge is 0.335 e. The van der Waals surface area contributed by atoms with Crippen LogP contribution in [0, 0.1) is 17.0 Å². The zero-order chi connectivity index (χ0) is 22.7. The van der Waals surface area contributed by atoms with Gasteiger partial charge in [-0.2, -0.15) is 0 Å². The van der Waals surface area contributed by atoms with Crippen molar-refractivity contribution in [3.05, 3.63) is 45.8 Å². The summed E-state index contributed by atoms with van der Waals surface area (Å²) in [4.78, 5) is 39.5. The Kier molecular flexibility index (Phi) is 6.33. The predicted molar refractivity (Wildman–Crippen MR) is 116 cm³/mol. The van der Waals surface area contributed by atoms with Gasteiger partial charge in [0.1, 0.15) is 0 Å². The summed E-state index contributed by atoms with van der Waals surface area (Å²) in [6.45, 7) is 3.46. The van der Waals surface area contributed by atoms with E-state index in [9.17, 15) is 19.7 Å². The number of amides is 3. The van der Waals surface area contributed by atoms with Crippen molar-refractivity contribution in [2.75, 3.05) is 26.2 Å². The Labute approximate surface area is 185 Å². The van der Waals surface area contributed by atoms with Crippen molar-refractivity contribution < 1.29 is 14.5 Å². The number of benzene rings is 1. The van der Waals surface area contributed by atoms with Crippen LogP contribution in [0.25, 0.3) is 5.69 Å². The van der Waals surface area contributed by atoms with Gasteiger partial charge in [-0.25, -0.2) is 9.48 Å². The molecule has 1 aromatic carbocycles. The molecule has 2 aliphatic rings. The Hall–Kier alpha value is -3.50. The minimum Gasteiger partial charge on any atom is -0.335 e. The van der Waals surface area contributed by atoms with E-state index in [1.165, 1.54) is 23.2 Å². The van der Waals surface area contributed by atoms with E-state index in [1.54, 1.807) is 28.9 Å². The molecule has 11 nitrogen and oxygen atoms in total. The topological polar surface area (TPSA) is 127 Å². The number of urea groups is 1. The number of carbonyl (C=O) groups excluding carboxylic acids is 2. The molecule has 0 unspecified atom stereocenters. The van der Waals surface area contributed by atoms with Crippen molar-refractivity contribution in [3.8, 4) is 5.69 Å². The number of carbonyl (C=O) groups is 2. The van der Waals surface area contributed by atoms with E-state index in [4.69, 9.17) is 0 Å². The highest BCUT2D eigenvalue weighted by Crippen LogP contribution is 2.20. The van der Waals surface area contributed by atoms with E-state index in [2.05, 4.69) is 15.6 Å². The number of nitrogens with one attached hydrogen (secondary N) is 1. The molecule has 170 valence electrons. The Morgan fingerprint density at radius 2 is 1.78 bits per heavy atom. The van der Waals surface area contributed by atoms with E-state index < -0.39 is 4.92 Å². The fraction of sp³-hybridized carbons (Fsp3) is 0.524. The smallest absolute Gasteiger partial charge is 0.317 e. The van der Waals surface area contributed by atoms with Gasteiger partial charge < -0.3 is 15.1 Å². The van der Waals surface area contributed by atoms with Crippen LogP contribution in [-0.4, -0.2) is 73.9 Å². The lowest BCUT2D eigenvalue weighted by Gasteiger charge is -2.35.